The van der Waals surface area contributed by atoms with E-state index < -0.39 is 0 Å². The number of nitrogens with one attached hydrogen (secondary N) is 2. The van der Waals surface area contributed by atoms with E-state index in [0.29, 0.717) is 19.2 Å². The Morgan fingerprint density at radius 2 is 2.17 bits per heavy atom. The van der Waals surface area contributed by atoms with Gasteiger partial charge in [0.05, 0.1) is 13.2 Å². The SMILES string of the molecule is CCC1CCCC(NC(=O)CNCCOC)C1.Cl. The van der Waals surface area contributed by atoms with Gasteiger partial charge in [0.1, 0.15) is 0 Å². The second-order valence-electron chi connectivity index (χ2n) is 4.87. The summed E-state index contributed by atoms with van der Waals surface area (Å²) in [6, 6.07) is 0.394. The highest BCUT2D eigenvalue weighted by Crippen LogP contribution is 2.26. The van der Waals surface area contributed by atoms with E-state index in [-0.39, 0.29) is 18.3 Å². The van der Waals surface area contributed by atoms with E-state index in [4.69, 9.17) is 4.74 Å². The molecule has 1 aliphatic rings. The van der Waals surface area contributed by atoms with Crippen LogP contribution >= 0.6 is 12.4 Å². The summed E-state index contributed by atoms with van der Waals surface area (Å²) in [6.07, 6.45) is 6.11. The first-order chi connectivity index (χ1) is 8.26. The van der Waals surface area contributed by atoms with Crippen LogP contribution in [-0.2, 0) is 9.53 Å². The second-order valence-corrected chi connectivity index (χ2v) is 4.87. The molecule has 1 amide bonds. The summed E-state index contributed by atoms with van der Waals surface area (Å²) in [7, 11) is 1.66. The van der Waals surface area contributed by atoms with Crippen LogP contribution in [0.4, 0.5) is 0 Å². The summed E-state index contributed by atoms with van der Waals surface area (Å²) in [5.41, 5.74) is 0. The lowest BCUT2D eigenvalue weighted by Crippen LogP contribution is -2.43. The average Bonchev–Trinajstić information content (AvgIpc) is 2.35. The van der Waals surface area contributed by atoms with Gasteiger partial charge in [0.2, 0.25) is 5.91 Å². The van der Waals surface area contributed by atoms with Crippen LogP contribution in [-0.4, -0.2) is 38.8 Å². The van der Waals surface area contributed by atoms with Crippen LogP contribution in [0.2, 0.25) is 0 Å². The Morgan fingerprint density at radius 3 is 2.83 bits per heavy atom. The Labute approximate surface area is 117 Å². The molecule has 1 saturated carbocycles. The van der Waals surface area contributed by atoms with Crippen LogP contribution < -0.4 is 10.6 Å². The molecule has 0 heterocycles. The molecule has 2 N–H and O–H groups in total. The first-order valence-electron chi connectivity index (χ1n) is 6.75. The van der Waals surface area contributed by atoms with Crippen molar-refractivity contribution in [3.05, 3.63) is 0 Å². The van der Waals surface area contributed by atoms with Gasteiger partial charge in [-0.15, -0.1) is 12.4 Å². The number of carbonyl (C=O) groups excluding carboxylic acids is 1. The predicted molar refractivity (Wildman–Crippen MR) is 76.2 cm³/mol. The van der Waals surface area contributed by atoms with E-state index >= 15 is 0 Å². The average molecular weight is 279 g/mol. The van der Waals surface area contributed by atoms with Gasteiger partial charge in [-0.05, 0) is 18.8 Å². The molecule has 108 valence electrons. The molecule has 0 aliphatic heterocycles. The lowest BCUT2D eigenvalue weighted by molar-refractivity contribution is -0.121. The quantitative estimate of drug-likeness (QED) is 0.698. The minimum Gasteiger partial charge on any atom is -0.383 e. The number of carbonyl (C=O) groups is 1. The molecule has 18 heavy (non-hydrogen) atoms. The maximum atomic E-state index is 11.7. The van der Waals surface area contributed by atoms with Gasteiger partial charge in [-0.1, -0.05) is 26.2 Å². The third-order valence-electron chi connectivity index (χ3n) is 3.49. The van der Waals surface area contributed by atoms with Crippen LogP contribution in [0.3, 0.4) is 0 Å². The number of hydrogen-bond donors (Lipinski definition) is 2. The normalized spacial score (nSPS) is 23.2. The Hall–Kier alpha value is -0.320. The number of hydrogen-bond acceptors (Lipinski definition) is 3. The molecule has 1 aliphatic carbocycles. The molecule has 1 rings (SSSR count). The Balaban J connectivity index is 0.00000289. The Bertz CT molecular complexity index is 227. The van der Waals surface area contributed by atoms with Crippen molar-refractivity contribution in [3.63, 3.8) is 0 Å². The van der Waals surface area contributed by atoms with Gasteiger partial charge in [0, 0.05) is 19.7 Å². The molecular weight excluding hydrogens is 252 g/mol. The van der Waals surface area contributed by atoms with E-state index in [0.717, 1.165) is 25.3 Å². The van der Waals surface area contributed by atoms with Crippen LogP contribution in [0.5, 0.6) is 0 Å². The minimum absolute atomic E-state index is 0. The summed E-state index contributed by atoms with van der Waals surface area (Å²) in [5.74, 6) is 0.915. The molecule has 1 fully saturated rings. The van der Waals surface area contributed by atoms with Gasteiger partial charge in [-0.25, -0.2) is 0 Å². The summed E-state index contributed by atoms with van der Waals surface area (Å²) in [5, 5.41) is 6.18. The second kappa shape index (κ2) is 10.6. The number of amides is 1. The van der Waals surface area contributed by atoms with Gasteiger partial charge in [-0.3, -0.25) is 4.79 Å². The van der Waals surface area contributed by atoms with Crippen molar-refractivity contribution >= 4 is 18.3 Å². The van der Waals surface area contributed by atoms with Crippen molar-refractivity contribution in [2.45, 2.75) is 45.1 Å². The van der Waals surface area contributed by atoms with E-state index in [1.54, 1.807) is 7.11 Å². The topological polar surface area (TPSA) is 50.4 Å². The molecule has 0 spiro atoms. The fraction of sp³-hybridized carbons (Fsp3) is 0.923. The monoisotopic (exact) mass is 278 g/mol. The summed E-state index contributed by atoms with van der Waals surface area (Å²) < 4.78 is 4.91. The van der Waals surface area contributed by atoms with Crippen molar-refractivity contribution in [1.82, 2.24) is 10.6 Å². The fourth-order valence-corrected chi connectivity index (χ4v) is 2.45. The molecule has 2 atom stereocenters. The van der Waals surface area contributed by atoms with Crippen molar-refractivity contribution in [3.8, 4) is 0 Å². The fourth-order valence-electron chi connectivity index (χ4n) is 2.45. The molecular formula is C13H27ClN2O2. The number of ether oxygens (including phenoxy) is 1. The third kappa shape index (κ3) is 7.19. The van der Waals surface area contributed by atoms with Crippen LogP contribution in [0.25, 0.3) is 0 Å². The molecule has 4 nitrogen and oxygen atoms in total. The van der Waals surface area contributed by atoms with Gasteiger partial charge in [0.15, 0.2) is 0 Å². The number of halogens is 1. The Kier molecular flexibility index (Phi) is 10.4. The summed E-state index contributed by atoms with van der Waals surface area (Å²) in [6.45, 7) is 4.01. The predicted octanol–water partition coefficient (Wildman–Crippen LogP) is 1.73. The zero-order chi connectivity index (χ0) is 12.5. The maximum Gasteiger partial charge on any atom is 0.234 e. The molecule has 0 aromatic rings. The molecule has 0 radical (unpaired) electrons. The van der Waals surface area contributed by atoms with Crippen molar-refractivity contribution in [2.75, 3.05) is 26.8 Å². The standard InChI is InChI=1S/C13H26N2O2.ClH/c1-3-11-5-4-6-12(9-11)15-13(16)10-14-7-8-17-2;/h11-12,14H,3-10H2,1-2H3,(H,15,16);1H. The highest BCUT2D eigenvalue weighted by molar-refractivity contribution is 5.85. The van der Waals surface area contributed by atoms with Gasteiger partial charge in [0.25, 0.3) is 0 Å². The molecule has 0 aromatic heterocycles. The lowest BCUT2D eigenvalue weighted by Gasteiger charge is -2.29. The van der Waals surface area contributed by atoms with E-state index in [9.17, 15) is 4.79 Å². The minimum atomic E-state index is 0. The number of methoxy groups -OCH3 is 1. The maximum absolute atomic E-state index is 11.7. The molecule has 0 bridgehead atoms. The van der Waals surface area contributed by atoms with Crippen LogP contribution in [0.15, 0.2) is 0 Å². The third-order valence-corrected chi connectivity index (χ3v) is 3.49. The van der Waals surface area contributed by atoms with Gasteiger partial charge in [-0.2, -0.15) is 0 Å². The smallest absolute Gasteiger partial charge is 0.234 e. The van der Waals surface area contributed by atoms with Gasteiger partial charge >= 0.3 is 0 Å². The molecule has 5 heteroatoms. The Morgan fingerprint density at radius 1 is 1.39 bits per heavy atom. The first-order valence-corrected chi connectivity index (χ1v) is 6.75. The van der Waals surface area contributed by atoms with Crippen molar-refractivity contribution < 1.29 is 9.53 Å². The lowest BCUT2D eigenvalue weighted by atomic mass is 9.84. The van der Waals surface area contributed by atoms with Crippen LogP contribution in [0, 0.1) is 5.92 Å². The van der Waals surface area contributed by atoms with E-state index in [1.165, 1.54) is 19.3 Å². The molecule has 2 unspecified atom stereocenters. The summed E-state index contributed by atoms with van der Waals surface area (Å²) >= 11 is 0. The van der Waals surface area contributed by atoms with Crippen molar-refractivity contribution in [1.29, 1.82) is 0 Å². The zero-order valence-electron chi connectivity index (χ0n) is 11.5. The number of rotatable bonds is 7. The zero-order valence-corrected chi connectivity index (χ0v) is 12.4. The highest BCUT2D eigenvalue weighted by atomic mass is 35.5. The first kappa shape index (κ1) is 17.7. The highest BCUT2D eigenvalue weighted by Gasteiger charge is 2.21. The van der Waals surface area contributed by atoms with E-state index in [2.05, 4.69) is 17.6 Å². The molecule has 0 aromatic carbocycles. The van der Waals surface area contributed by atoms with Crippen LogP contribution in [0.1, 0.15) is 39.0 Å². The largest absolute Gasteiger partial charge is 0.383 e. The summed E-state index contributed by atoms with van der Waals surface area (Å²) in [4.78, 5) is 11.7. The molecule has 0 saturated heterocycles. The van der Waals surface area contributed by atoms with E-state index in [1.807, 2.05) is 0 Å². The van der Waals surface area contributed by atoms with Crippen molar-refractivity contribution in [2.24, 2.45) is 5.92 Å². The van der Waals surface area contributed by atoms with Gasteiger partial charge < -0.3 is 15.4 Å².